The van der Waals surface area contributed by atoms with Gasteiger partial charge in [0.2, 0.25) is 11.8 Å². The van der Waals surface area contributed by atoms with E-state index >= 15 is 0 Å². The van der Waals surface area contributed by atoms with Gasteiger partial charge in [0.05, 0.1) is 16.0 Å². The minimum atomic E-state index is -0.266. The van der Waals surface area contributed by atoms with E-state index in [4.69, 9.17) is 35.4 Å². The van der Waals surface area contributed by atoms with Gasteiger partial charge in [0.25, 0.3) is 0 Å². The molecular formula is C17H19Cl2N3O2S. The van der Waals surface area contributed by atoms with E-state index in [9.17, 15) is 9.59 Å². The number of fused-ring (bicyclic) bond motifs is 1. The summed E-state index contributed by atoms with van der Waals surface area (Å²) >= 11 is 17.1. The van der Waals surface area contributed by atoms with Crippen LogP contribution in [-0.4, -0.2) is 34.4 Å². The van der Waals surface area contributed by atoms with Crippen LogP contribution in [0.4, 0.5) is 0 Å². The Hall–Kier alpha value is -1.37. The van der Waals surface area contributed by atoms with Crippen molar-refractivity contribution in [1.29, 1.82) is 0 Å². The molecule has 2 fully saturated rings. The fourth-order valence-corrected chi connectivity index (χ4v) is 3.96. The number of carbonyl (C=O) groups excluding carboxylic acids is 2. The van der Waals surface area contributed by atoms with E-state index in [2.05, 4.69) is 10.6 Å². The molecule has 0 spiro atoms. The molecule has 1 aliphatic carbocycles. The van der Waals surface area contributed by atoms with Gasteiger partial charge < -0.3 is 10.6 Å². The Balaban J connectivity index is 1.57. The highest BCUT2D eigenvalue weighted by molar-refractivity contribution is 7.80. The third-order valence-electron chi connectivity index (χ3n) is 4.68. The molecule has 1 saturated heterocycles. The summed E-state index contributed by atoms with van der Waals surface area (Å²) in [6.07, 6.45) is 3.95. The standard InChI is InChI=1S/C17H19Cl2N3O2S/c18-12-6-5-10(7-13(12)19)8-20-15(23)9-22-16(24)11-3-1-2-4-14(11)21-17(22)25/h5-7,11,14H,1-4,8-9H2,(H,20,23)(H,21,25). The number of nitrogens with one attached hydrogen (secondary N) is 2. The molecule has 0 aromatic heterocycles. The Labute approximate surface area is 162 Å². The molecule has 2 amide bonds. The fraction of sp³-hybridized carbons (Fsp3) is 0.471. The van der Waals surface area contributed by atoms with E-state index in [0.29, 0.717) is 21.7 Å². The van der Waals surface area contributed by atoms with Gasteiger partial charge in [0.15, 0.2) is 5.11 Å². The number of carbonyl (C=O) groups is 2. The molecule has 2 atom stereocenters. The molecule has 3 rings (SSSR count). The number of nitrogens with zero attached hydrogens (tertiary/aromatic N) is 1. The summed E-state index contributed by atoms with van der Waals surface area (Å²) in [5.41, 5.74) is 0.834. The van der Waals surface area contributed by atoms with Gasteiger partial charge in [-0.1, -0.05) is 42.1 Å². The maximum atomic E-state index is 12.6. The highest BCUT2D eigenvalue weighted by Crippen LogP contribution is 2.29. The van der Waals surface area contributed by atoms with Crippen molar-refractivity contribution in [2.24, 2.45) is 5.92 Å². The Morgan fingerprint density at radius 3 is 2.80 bits per heavy atom. The van der Waals surface area contributed by atoms with Crippen LogP contribution in [0.2, 0.25) is 10.0 Å². The first kappa shape index (κ1) is 18.4. The summed E-state index contributed by atoms with van der Waals surface area (Å²) in [6.45, 7) is 0.235. The normalized spacial score (nSPS) is 23.0. The van der Waals surface area contributed by atoms with Gasteiger partial charge in [-0.25, -0.2) is 0 Å². The molecular weight excluding hydrogens is 381 g/mol. The van der Waals surface area contributed by atoms with E-state index in [1.807, 2.05) is 0 Å². The van der Waals surface area contributed by atoms with Crippen molar-refractivity contribution in [3.63, 3.8) is 0 Å². The van der Waals surface area contributed by atoms with Crippen molar-refractivity contribution < 1.29 is 9.59 Å². The molecule has 25 heavy (non-hydrogen) atoms. The maximum absolute atomic E-state index is 12.6. The SMILES string of the molecule is O=C(CN1C(=O)C2CCCCC2NC1=S)NCc1ccc(Cl)c(Cl)c1. The molecule has 0 radical (unpaired) electrons. The molecule has 134 valence electrons. The first-order valence-electron chi connectivity index (χ1n) is 8.28. The molecule has 1 aliphatic heterocycles. The van der Waals surface area contributed by atoms with Gasteiger partial charge in [-0.15, -0.1) is 0 Å². The topological polar surface area (TPSA) is 61.4 Å². The number of thiocarbonyl (C=S) groups is 1. The van der Waals surface area contributed by atoms with Crippen molar-refractivity contribution in [3.8, 4) is 0 Å². The molecule has 0 bridgehead atoms. The van der Waals surface area contributed by atoms with Crippen molar-refractivity contribution in [2.45, 2.75) is 38.3 Å². The largest absolute Gasteiger partial charge is 0.359 e. The quantitative estimate of drug-likeness (QED) is 0.764. The van der Waals surface area contributed by atoms with E-state index in [-0.39, 0.29) is 30.3 Å². The minimum absolute atomic E-state index is 0.0434. The van der Waals surface area contributed by atoms with Gasteiger partial charge in [0.1, 0.15) is 6.54 Å². The molecule has 1 heterocycles. The summed E-state index contributed by atoms with van der Waals surface area (Å²) in [7, 11) is 0. The summed E-state index contributed by atoms with van der Waals surface area (Å²) in [5, 5.41) is 7.25. The van der Waals surface area contributed by atoms with Crippen LogP contribution in [-0.2, 0) is 16.1 Å². The van der Waals surface area contributed by atoms with E-state index < -0.39 is 0 Å². The Kier molecular flexibility index (Phi) is 5.81. The molecule has 1 aromatic carbocycles. The van der Waals surface area contributed by atoms with Crippen LogP contribution < -0.4 is 10.6 Å². The summed E-state index contributed by atoms with van der Waals surface area (Å²) < 4.78 is 0. The average molecular weight is 400 g/mol. The number of rotatable bonds is 4. The van der Waals surface area contributed by atoms with Gasteiger partial charge in [-0.3, -0.25) is 14.5 Å². The molecule has 1 aromatic rings. The van der Waals surface area contributed by atoms with Gasteiger partial charge >= 0.3 is 0 Å². The third kappa shape index (κ3) is 4.25. The summed E-state index contributed by atoms with van der Waals surface area (Å²) in [5.74, 6) is -0.390. The average Bonchev–Trinajstić information content (AvgIpc) is 2.59. The van der Waals surface area contributed by atoms with Crippen LogP contribution in [0.3, 0.4) is 0 Å². The number of hydrogen-bond acceptors (Lipinski definition) is 3. The monoisotopic (exact) mass is 399 g/mol. The van der Waals surface area contributed by atoms with Crippen LogP contribution in [0.25, 0.3) is 0 Å². The Morgan fingerprint density at radius 2 is 2.04 bits per heavy atom. The number of amides is 2. The second kappa shape index (κ2) is 7.89. The van der Waals surface area contributed by atoms with Crippen molar-refractivity contribution in [3.05, 3.63) is 33.8 Å². The maximum Gasteiger partial charge on any atom is 0.240 e. The van der Waals surface area contributed by atoms with E-state index in [1.54, 1.807) is 18.2 Å². The van der Waals surface area contributed by atoms with Crippen LogP contribution in [0.5, 0.6) is 0 Å². The smallest absolute Gasteiger partial charge is 0.240 e. The highest BCUT2D eigenvalue weighted by atomic mass is 35.5. The molecule has 5 nitrogen and oxygen atoms in total. The van der Waals surface area contributed by atoms with E-state index in [0.717, 1.165) is 31.2 Å². The molecule has 2 aliphatic rings. The lowest BCUT2D eigenvalue weighted by molar-refractivity contribution is -0.138. The molecule has 8 heteroatoms. The fourth-order valence-electron chi connectivity index (χ4n) is 3.34. The minimum Gasteiger partial charge on any atom is -0.359 e. The molecule has 2 N–H and O–H groups in total. The van der Waals surface area contributed by atoms with Crippen molar-refractivity contribution in [1.82, 2.24) is 15.5 Å². The second-order valence-corrected chi connectivity index (χ2v) is 7.60. The van der Waals surface area contributed by atoms with Crippen molar-refractivity contribution in [2.75, 3.05) is 6.54 Å². The third-order valence-corrected chi connectivity index (χ3v) is 5.76. The lowest BCUT2D eigenvalue weighted by Gasteiger charge is -2.41. The lowest BCUT2D eigenvalue weighted by atomic mass is 9.82. The summed E-state index contributed by atoms with van der Waals surface area (Å²) in [6, 6.07) is 5.29. The lowest BCUT2D eigenvalue weighted by Crippen LogP contribution is -2.62. The number of halogens is 2. The predicted molar refractivity (Wildman–Crippen MR) is 102 cm³/mol. The van der Waals surface area contributed by atoms with Crippen LogP contribution >= 0.6 is 35.4 Å². The Bertz CT molecular complexity index is 713. The van der Waals surface area contributed by atoms with Crippen LogP contribution in [0.1, 0.15) is 31.2 Å². The van der Waals surface area contributed by atoms with E-state index in [1.165, 1.54) is 4.90 Å². The zero-order chi connectivity index (χ0) is 18.0. The second-order valence-electron chi connectivity index (χ2n) is 6.40. The van der Waals surface area contributed by atoms with Crippen molar-refractivity contribution >= 4 is 52.3 Å². The van der Waals surface area contributed by atoms with Crippen LogP contribution in [0.15, 0.2) is 18.2 Å². The zero-order valence-electron chi connectivity index (χ0n) is 13.6. The van der Waals surface area contributed by atoms with Gasteiger partial charge in [-0.05, 0) is 42.8 Å². The first-order valence-corrected chi connectivity index (χ1v) is 9.44. The number of benzene rings is 1. The van der Waals surface area contributed by atoms with Gasteiger partial charge in [-0.2, -0.15) is 0 Å². The van der Waals surface area contributed by atoms with Gasteiger partial charge in [0, 0.05) is 12.6 Å². The first-order chi connectivity index (χ1) is 12.0. The van der Waals surface area contributed by atoms with Crippen LogP contribution in [0, 0.1) is 5.92 Å². The zero-order valence-corrected chi connectivity index (χ0v) is 15.9. The summed E-state index contributed by atoms with van der Waals surface area (Å²) in [4.78, 5) is 26.3. The molecule has 1 saturated carbocycles. The predicted octanol–water partition coefficient (Wildman–Crippen LogP) is 2.89. The highest BCUT2D eigenvalue weighted by Gasteiger charge is 2.40. The number of hydrogen-bond donors (Lipinski definition) is 2. The Morgan fingerprint density at radius 1 is 1.28 bits per heavy atom. The molecule has 2 unspecified atom stereocenters.